The van der Waals surface area contributed by atoms with Crippen LogP contribution in [0.25, 0.3) is 27.7 Å². The maximum atomic E-state index is 12.5. The number of allylic oxidation sites excluding steroid dienone is 1. The van der Waals surface area contributed by atoms with E-state index in [9.17, 15) is 4.79 Å². The number of furan rings is 1. The summed E-state index contributed by atoms with van der Waals surface area (Å²) in [5, 5.41) is 5.91. The summed E-state index contributed by atoms with van der Waals surface area (Å²) < 4.78 is 16.9. The summed E-state index contributed by atoms with van der Waals surface area (Å²) in [4.78, 5) is 13.6. The molecule has 0 saturated carbocycles. The van der Waals surface area contributed by atoms with Gasteiger partial charge in [0.2, 0.25) is 5.91 Å². The fourth-order valence-corrected chi connectivity index (χ4v) is 4.42. The number of aryl methyl sites for hydroxylation is 1. The molecule has 2 heterocycles. The number of fused-ring (bicyclic) bond motifs is 1. The Kier molecular flexibility index (Phi) is 6.32. The minimum absolute atomic E-state index is 0.140. The smallest absolute Gasteiger partial charge is 0.244 e. The van der Waals surface area contributed by atoms with Gasteiger partial charge in [-0.2, -0.15) is 0 Å². The van der Waals surface area contributed by atoms with Gasteiger partial charge in [-0.25, -0.2) is 0 Å². The molecule has 2 aromatic carbocycles. The fraction of sp³-hybridized carbons (Fsp3) is 0.192. The van der Waals surface area contributed by atoms with Crippen LogP contribution in [0.4, 0.5) is 0 Å². The number of carbonyl (C=O) groups excluding carboxylic acids is 1. The second-order valence-electron chi connectivity index (χ2n) is 7.46. The minimum atomic E-state index is -0.140. The molecule has 0 saturated heterocycles. The number of hydrogen-bond acceptors (Lipinski definition) is 5. The van der Waals surface area contributed by atoms with E-state index in [0.717, 1.165) is 49.4 Å². The summed E-state index contributed by atoms with van der Waals surface area (Å²) in [7, 11) is 3.28. The predicted octanol–water partition coefficient (Wildman–Crippen LogP) is 6.21. The van der Waals surface area contributed by atoms with Crippen LogP contribution in [0.5, 0.6) is 11.5 Å². The van der Waals surface area contributed by atoms with E-state index in [1.54, 1.807) is 37.9 Å². The Morgan fingerprint density at radius 2 is 1.94 bits per heavy atom. The molecule has 0 radical (unpaired) electrons. The number of hydrogen-bond donors (Lipinski definition) is 1. The second-order valence-corrected chi connectivity index (χ2v) is 8.49. The molecule has 0 aliphatic carbocycles. The van der Waals surface area contributed by atoms with Crippen molar-refractivity contribution in [2.24, 2.45) is 0 Å². The first-order valence-electron chi connectivity index (χ1n) is 10.2. The minimum Gasteiger partial charge on any atom is -0.497 e. The highest BCUT2D eigenvalue weighted by Crippen LogP contribution is 2.40. The largest absolute Gasteiger partial charge is 0.497 e. The van der Waals surface area contributed by atoms with Gasteiger partial charge in [-0.1, -0.05) is 18.2 Å². The van der Waals surface area contributed by atoms with Gasteiger partial charge in [-0.15, -0.1) is 11.3 Å². The standard InChI is InChI=1S/C26H25NO4S/c1-16(12-24(28)27-14-20-6-5-11-32-20)21-13-22-23(18-7-9-19(29-3)10-8-18)15-31-26(22)17(2)25(21)30-4/h5-13,15H,14H2,1-4H3,(H,27,28)/b16-12+. The molecule has 0 atom stereocenters. The van der Waals surface area contributed by atoms with Crippen LogP contribution in [0.2, 0.25) is 0 Å². The molecule has 2 aromatic heterocycles. The quantitative estimate of drug-likeness (QED) is 0.342. The average molecular weight is 448 g/mol. The molecule has 164 valence electrons. The lowest BCUT2D eigenvalue weighted by Crippen LogP contribution is -2.20. The highest BCUT2D eigenvalue weighted by Gasteiger charge is 2.19. The molecule has 1 N–H and O–H groups in total. The predicted molar refractivity (Wildman–Crippen MR) is 129 cm³/mol. The van der Waals surface area contributed by atoms with Crippen LogP contribution >= 0.6 is 11.3 Å². The molecule has 5 nitrogen and oxygen atoms in total. The SMILES string of the molecule is COc1ccc(-c2coc3c(C)c(OC)c(/C(C)=C/C(=O)NCc4cccs4)cc23)cc1. The number of carbonyl (C=O) groups is 1. The highest BCUT2D eigenvalue weighted by atomic mass is 32.1. The third kappa shape index (κ3) is 4.27. The maximum absolute atomic E-state index is 12.5. The van der Waals surface area contributed by atoms with E-state index in [1.165, 1.54) is 0 Å². The number of amides is 1. The van der Waals surface area contributed by atoms with Crippen molar-refractivity contribution < 1.29 is 18.7 Å². The van der Waals surface area contributed by atoms with Crippen LogP contribution < -0.4 is 14.8 Å². The number of ether oxygens (including phenoxy) is 2. The molecular formula is C26H25NO4S. The summed E-state index contributed by atoms with van der Waals surface area (Å²) >= 11 is 1.62. The van der Waals surface area contributed by atoms with Crippen molar-refractivity contribution in [1.82, 2.24) is 5.32 Å². The number of nitrogens with one attached hydrogen (secondary N) is 1. The van der Waals surface area contributed by atoms with E-state index in [4.69, 9.17) is 13.9 Å². The second kappa shape index (κ2) is 9.32. The lowest BCUT2D eigenvalue weighted by Gasteiger charge is -2.13. The maximum Gasteiger partial charge on any atom is 0.244 e. The number of rotatable bonds is 7. The summed E-state index contributed by atoms with van der Waals surface area (Å²) in [6.07, 6.45) is 3.37. The summed E-state index contributed by atoms with van der Waals surface area (Å²) in [6, 6.07) is 13.9. The van der Waals surface area contributed by atoms with Gasteiger partial charge in [-0.3, -0.25) is 4.79 Å². The van der Waals surface area contributed by atoms with Crippen LogP contribution in [-0.2, 0) is 11.3 Å². The van der Waals surface area contributed by atoms with E-state index >= 15 is 0 Å². The average Bonchev–Trinajstić information content (AvgIpc) is 3.48. The van der Waals surface area contributed by atoms with E-state index in [2.05, 4.69) is 5.32 Å². The highest BCUT2D eigenvalue weighted by molar-refractivity contribution is 7.09. The van der Waals surface area contributed by atoms with Crippen LogP contribution in [0.1, 0.15) is 22.9 Å². The van der Waals surface area contributed by atoms with Crippen molar-refractivity contribution in [2.75, 3.05) is 14.2 Å². The van der Waals surface area contributed by atoms with Crippen molar-refractivity contribution in [3.05, 3.63) is 76.2 Å². The molecular weight excluding hydrogens is 422 g/mol. The van der Waals surface area contributed by atoms with Gasteiger partial charge in [0.05, 0.1) is 27.0 Å². The molecule has 0 spiro atoms. The molecule has 4 rings (SSSR count). The molecule has 0 fully saturated rings. The first-order chi connectivity index (χ1) is 15.5. The fourth-order valence-electron chi connectivity index (χ4n) is 3.78. The van der Waals surface area contributed by atoms with Gasteiger partial charge in [0.15, 0.2) is 0 Å². The van der Waals surface area contributed by atoms with Crippen molar-refractivity contribution >= 4 is 33.8 Å². The van der Waals surface area contributed by atoms with Crippen molar-refractivity contribution in [1.29, 1.82) is 0 Å². The van der Waals surface area contributed by atoms with Gasteiger partial charge in [-0.05, 0) is 54.6 Å². The van der Waals surface area contributed by atoms with E-state index in [0.29, 0.717) is 12.3 Å². The topological polar surface area (TPSA) is 60.7 Å². The zero-order valence-electron chi connectivity index (χ0n) is 18.5. The number of thiophene rings is 1. The third-order valence-electron chi connectivity index (χ3n) is 5.44. The van der Waals surface area contributed by atoms with E-state index in [-0.39, 0.29) is 5.91 Å². The third-order valence-corrected chi connectivity index (χ3v) is 6.31. The number of benzene rings is 2. The van der Waals surface area contributed by atoms with Crippen LogP contribution in [0, 0.1) is 6.92 Å². The van der Waals surface area contributed by atoms with E-state index < -0.39 is 0 Å². The van der Waals surface area contributed by atoms with Gasteiger partial charge < -0.3 is 19.2 Å². The zero-order chi connectivity index (χ0) is 22.7. The Balaban J connectivity index is 1.71. The molecule has 0 aliphatic heterocycles. The van der Waals surface area contributed by atoms with Gasteiger partial charge >= 0.3 is 0 Å². The normalized spacial score (nSPS) is 11.6. The Morgan fingerprint density at radius 3 is 2.59 bits per heavy atom. The van der Waals surface area contributed by atoms with Crippen molar-refractivity contribution in [3.63, 3.8) is 0 Å². The Bertz CT molecular complexity index is 1270. The molecule has 6 heteroatoms. The Labute approximate surface area is 191 Å². The van der Waals surface area contributed by atoms with Crippen molar-refractivity contribution in [3.8, 4) is 22.6 Å². The molecule has 4 aromatic rings. The first kappa shape index (κ1) is 21.7. The summed E-state index contributed by atoms with van der Waals surface area (Å²) in [5.74, 6) is 1.36. The van der Waals surface area contributed by atoms with Crippen LogP contribution in [-0.4, -0.2) is 20.1 Å². The zero-order valence-corrected chi connectivity index (χ0v) is 19.3. The van der Waals surface area contributed by atoms with Crippen LogP contribution in [0.15, 0.2) is 64.6 Å². The monoisotopic (exact) mass is 447 g/mol. The molecule has 1 amide bonds. The van der Waals surface area contributed by atoms with Crippen molar-refractivity contribution in [2.45, 2.75) is 20.4 Å². The lowest BCUT2D eigenvalue weighted by atomic mass is 9.96. The Hall–Kier alpha value is -3.51. The molecule has 0 unspecified atom stereocenters. The summed E-state index contributed by atoms with van der Waals surface area (Å²) in [6.45, 7) is 4.40. The molecule has 32 heavy (non-hydrogen) atoms. The van der Waals surface area contributed by atoms with Gasteiger partial charge in [0.25, 0.3) is 0 Å². The van der Waals surface area contributed by atoms with Crippen LogP contribution in [0.3, 0.4) is 0 Å². The van der Waals surface area contributed by atoms with Gasteiger partial charge in [0.1, 0.15) is 17.1 Å². The Morgan fingerprint density at radius 1 is 1.16 bits per heavy atom. The van der Waals surface area contributed by atoms with Gasteiger partial charge in [0, 0.05) is 33.0 Å². The lowest BCUT2D eigenvalue weighted by molar-refractivity contribution is -0.116. The molecule has 0 aliphatic rings. The number of methoxy groups -OCH3 is 2. The summed E-state index contributed by atoms with van der Waals surface area (Å²) in [5.41, 5.74) is 5.34. The first-order valence-corrected chi connectivity index (χ1v) is 11.1. The van der Waals surface area contributed by atoms with E-state index in [1.807, 2.05) is 61.7 Å². The molecule has 0 bridgehead atoms.